The lowest BCUT2D eigenvalue weighted by Crippen LogP contribution is -2.60. The third kappa shape index (κ3) is 19.6. The topological polar surface area (TPSA) is 284 Å². The summed E-state index contributed by atoms with van der Waals surface area (Å²) in [7, 11) is 0. The van der Waals surface area contributed by atoms with Crippen LogP contribution in [0.5, 0.6) is 5.75 Å². The number of nitrogens with one attached hydrogen (secondary N) is 6. The number of ether oxygens (including phenoxy) is 1. The molecule has 1 aliphatic rings. The molecule has 0 saturated carbocycles. The maximum absolute atomic E-state index is 14.3. The standard InChI is InChI=1S/C46H75N7O11/c1-8-10-11-12-13-14-15-16-17-18-28(4)36-26-38(57)52-40(31(7)54)45(62)49-29(5)41(58)48-30(6)42(59)50-34(23-24-37(47)56)43(60)51-35(25-32-19-21-33(55)22-20-32)44(61)53-39(27(3)9-2)46(63)64-36/h19-22,27-31,34-36,39-40,54-55H,8-18,23-26H2,1-7H3,(H2,47,56)(H,48,58)(H,49,62)(H,50,59)(H,51,60)(H,52,57)(H,53,61)/t27-,28-,29+,30+,31-,34+,35+,36-,39+,40?/m0/s1. The number of hydrogen-bond donors (Lipinski definition) is 9. The first-order valence-corrected chi connectivity index (χ1v) is 23.0. The summed E-state index contributed by atoms with van der Waals surface area (Å²) in [5.41, 5.74) is 5.91. The fraction of sp³-hybridized carbons (Fsp3) is 0.696. The number of phenols is 1. The fourth-order valence-corrected chi connectivity index (χ4v) is 7.26. The lowest BCUT2D eigenvalue weighted by Gasteiger charge is -2.31. The predicted molar refractivity (Wildman–Crippen MR) is 240 cm³/mol. The van der Waals surface area contributed by atoms with Crippen LogP contribution < -0.4 is 37.6 Å². The van der Waals surface area contributed by atoms with Gasteiger partial charge in [0.25, 0.3) is 0 Å². The van der Waals surface area contributed by atoms with E-state index in [1.54, 1.807) is 19.1 Å². The van der Waals surface area contributed by atoms with Crippen molar-refractivity contribution in [1.82, 2.24) is 31.9 Å². The Morgan fingerprint density at radius 3 is 1.78 bits per heavy atom. The van der Waals surface area contributed by atoms with Crippen molar-refractivity contribution in [3.05, 3.63) is 29.8 Å². The van der Waals surface area contributed by atoms with E-state index in [9.17, 15) is 48.6 Å². The number of rotatable bonds is 19. The molecule has 10 atom stereocenters. The molecule has 360 valence electrons. The summed E-state index contributed by atoms with van der Waals surface area (Å²) in [5, 5.41) is 35.8. The number of nitrogens with two attached hydrogens (primary N) is 1. The number of aromatic hydroxyl groups is 1. The summed E-state index contributed by atoms with van der Waals surface area (Å²) >= 11 is 0. The van der Waals surface area contributed by atoms with Crippen LogP contribution in [0.2, 0.25) is 0 Å². The van der Waals surface area contributed by atoms with Crippen molar-refractivity contribution in [3.63, 3.8) is 0 Å². The van der Waals surface area contributed by atoms with Crippen LogP contribution in [0.3, 0.4) is 0 Å². The number of unbranched alkanes of at least 4 members (excludes halogenated alkanes) is 8. The Kier molecular flexibility index (Phi) is 24.4. The molecule has 1 aromatic rings. The summed E-state index contributed by atoms with van der Waals surface area (Å²) < 4.78 is 6.11. The zero-order chi connectivity index (χ0) is 47.9. The molecule has 18 nitrogen and oxygen atoms in total. The number of esters is 1. The van der Waals surface area contributed by atoms with Gasteiger partial charge in [0.05, 0.1) is 12.5 Å². The van der Waals surface area contributed by atoms with Crippen molar-refractivity contribution in [1.29, 1.82) is 0 Å². The highest BCUT2D eigenvalue weighted by atomic mass is 16.5. The van der Waals surface area contributed by atoms with E-state index >= 15 is 0 Å². The van der Waals surface area contributed by atoms with Gasteiger partial charge in [-0.25, -0.2) is 4.79 Å². The van der Waals surface area contributed by atoms with Crippen LogP contribution >= 0.6 is 0 Å². The summed E-state index contributed by atoms with van der Waals surface area (Å²) in [5.74, 6) is -7.44. The smallest absolute Gasteiger partial charge is 0.329 e. The highest BCUT2D eigenvalue weighted by molar-refractivity contribution is 5.97. The van der Waals surface area contributed by atoms with Crippen molar-refractivity contribution in [3.8, 4) is 5.75 Å². The molecule has 1 fully saturated rings. The van der Waals surface area contributed by atoms with E-state index in [0.29, 0.717) is 18.4 Å². The Morgan fingerprint density at radius 1 is 0.688 bits per heavy atom. The Hall–Kier alpha value is -5.26. The minimum absolute atomic E-state index is 0.0387. The minimum atomic E-state index is -1.52. The lowest BCUT2D eigenvalue weighted by molar-refractivity contribution is -0.159. The van der Waals surface area contributed by atoms with E-state index in [1.165, 1.54) is 58.6 Å². The van der Waals surface area contributed by atoms with Crippen LogP contribution in [0, 0.1) is 11.8 Å². The predicted octanol–water partition coefficient (Wildman–Crippen LogP) is 2.45. The number of amides is 7. The number of benzene rings is 1. The van der Waals surface area contributed by atoms with Gasteiger partial charge < -0.3 is 52.6 Å². The molecule has 10 N–H and O–H groups in total. The molecule has 64 heavy (non-hydrogen) atoms. The molecular weight excluding hydrogens is 827 g/mol. The summed E-state index contributed by atoms with van der Waals surface area (Å²) in [6.45, 7) is 11.5. The molecule has 1 aliphatic heterocycles. The molecule has 0 bridgehead atoms. The van der Waals surface area contributed by atoms with Gasteiger partial charge in [0, 0.05) is 12.8 Å². The van der Waals surface area contributed by atoms with Gasteiger partial charge in [0.1, 0.15) is 48.1 Å². The van der Waals surface area contributed by atoms with E-state index in [-0.39, 0.29) is 30.9 Å². The van der Waals surface area contributed by atoms with Crippen LogP contribution in [0.4, 0.5) is 0 Å². The number of aliphatic hydroxyl groups is 1. The van der Waals surface area contributed by atoms with Gasteiger partial charge in [0.2, 0.25) is 41.4 Å². The van der Waals surface area contributed by atoms with Crippen LogP contribution in [-0.2, 0) is 49.5 Å². The first-order chi connectivity index (χ1) is 30.3. The second kappa shape index (κ2) is 28.5. The van der Waals surface area contributed by atoms with Crippen molar-refractivity contribution in [2.75, 3.05) is 0 Å². The molecule has 2 rings (SSSR count). The zero-order valence-corrected chi connectivity index (χ0v) is 38.8. The van der Waals surface area contributed by atoms with Gasteiger partial charge in [-0.2, -0.15) is 0 Å². The maximum atomic E-state index is 14.3. The van der Waals surface area contributed by atoms with E-state index in [1.807, 2.05) is 13.8 Å². The highest BCUT2D eigenvalue weighted by Crippen LogP contribution is 2.23. The van der Waals surface area contributed by atoms with Gasteiger partial charge in [-0.15, -0.1) is 0 Å². The lowest BCUT2D eigenvalue weighted by atomic mass is 9.93. The molecule has 1 saturated heterocycles. The molecule has 7 amide bonds. The van der Waals surface area contributed by atoms with Crippen molar-refractivity contribution in [2.45, 2.75) is 193 Å². The molecule has 0 aliphatic carbocycles. The fourth-order valence-electron chi connectivity index (χ4n) is 7.26. The average molecular weight is 902 g/mol. The Bertz CT molecular complexity index is 1690. The minimum Gasteiger partial charge on any atom is -0.508 e. The Balaban J connectivity index is 2.59. The Morgan fingerprint density at radius 2 is 1.22 bits per heavy atom. The summed E-state index contributed by atoms with van der Waals surface area (Å²) in [6.07, 6.45) is 7.29. The van der Waals surface area contributed by atoms with Crippen molar-refractivity contribution < 1.29 is 53.3 Å². The van der Waals surface area contributed by atoms with Gasteiger partial charge in [-0.3, -0.25) is 33.6 Å². The summed E-state index contributed by atoms with van der Waals surface area (Å²) in [4.78, 5) is 108. The van der Waals surface area contributed by atoms with Gasteiger partial charge in [-0.05, 0) is 63.1 Å². The van der Waals surface area contributed by atoms with E-state index in [2.05, 4.69) is 38.8 Å². The monoisotopic (exact) mass is 902 g/mol. The van der Waals surface area contributed by atoms with E-state index in [4.69, 9.17) is 10.5 Å². The largest absolute Gasteiger partial charge is 0.508 e. The zero-order valence-electron chi connectivity index (χ0n) is 38.8. The molecular formula is C46H75N7O11. The second-order valence-electron chi connectivity index (χ2n) is 17.4. The quantitative estimate of drug-likeness (QED) is 0.0718. The number of phenolic OH excluding ortho intramolecular Hbond substituents is 1. The Labute approximate surface area is 378 Å². The third-order valence-corrected chi connectivity index (χ3v) is 11.7. The SMILES string of the molecule is CCCCCCCCCCC[C@H](C)[C@@H]1CC(=O)NC([C@H](C)O)C(=O)N[C@H](C)C(=O)N[C@H](C)C(=O)N[C@H](CCC(N)=O)C(=O)N[C@H](Cc2ccc(O)cc2)C(=O)N[C@H]([C@@H](C)CC)C(=O)O1. The first kappa shape index (κ1) is 54.9. The van der Waals surface area contributed by atoms with Crippen LogP contribution in [0.25, 0.3) is 0 Å². The molecule has 18 heteroatoms. The molecule has 0 radical (unpaired) electrons. The second-order valence-corrected chi connectivity index (χ2v) is 17.4. The van der Waals surface area contributed by atoms with Crippen molar-refractivity contribution >= 4 is 47.3 Å². The first-order valence-electron chi connectivity index (χ1n) is 23.0. The highest BCUT2D eigenvalue weighted by Gasteiger charge is 2.37. The third-order valence-electron chi connectivity index (χ3n) is 11.7. The summed E-state index contributed by atoms with van der Waals surface area (Å²) in [6, 6.07) is -2.23. The number of primary amides is 1. The number of carbonyl (C=O) groups is 8. The van der Waals surface area contributed by atoms with E-state index in [0.717, 1.165) is 32.1 Å². The normalized spacial score (nSPS) is 25.1. The maximum Gasteiger partial charge on any atom is 0.329 e. The average Bonchev–Trinajstić information content (AvgIpc) is 3.24. The molecule has 1 aromatic carbocycles. The molecule has 1 heterocycles. The van der Waals surface area contributed by atoms with Gasteiger partial charge in [0.15, 0.2) is 0 Å². The number of hydrogen-bond acceptors (Lipinski definition) is 11. The number of carbonyl (C=O) groups excluding carboxylic acids is 8. The molecule has 0 aromatic heterocycles. The number of aliphatic hydroxyl groups excluding tert-OH is 1. The van der Waals surface area contributed by atoms with Crippen LogP contribution in [0.15, 0.2) is 24.3 Å². The number of cyclic esters (lactones) is 1. The van der Waals surface area contributed by atoms with Gasteiger partial charge >= 0.3 is 5.97 Å². The van der Waals surface area contributed by atoms with E-state index < -0.39 is 108 Å². The van der Waals surface area contributed by atoms with Crippen molar-refractivity contribution in [2.24, 2.45) is 17.6 Å². The van der Waals surface area contributed by atoms with Crippen LogP contribution in [-0.4, -0.2) is 106 Å². The van der Waals surface area contributed by atoms with Crippen LogP contribution in [0.1, 0.15) is 144 Å². The molecule has 1 unspecified atom stereocenters. The van der Waals surface area contributed by atoms with Gasteiger partial charge in [-0.1, -0.05) is 104 Å². The molecule has 0 spiro atoms.